The van der Waals surface area contributed by atoms with Crippen LogP contribution in [0.3, 0.4) is 0 Å². The Hall–Kier alpha value is -0.820. The van der Waals surface area contributed by atoms with Crippen molar-refractivity contribution in [3.8, 4) is 0 Å². The van der Waals surface area contributed by atoms with Crippen LogP contribution in [0.15, 0.2) is 30.3 Å². The van der Waals surface area contributed by atoms with E-state index in [4.69, 9.17) is 5.73 Å². The number of fused-ring (bicyclic) bond motifs is 2. The highest BCUT2D eigenvalue weighted by Crippen LogP contribution is 2.51. The van der Waals surface area contributed by atoms with Crippen LogP contribution in [0.2, 0.25) is 0 Å². The molecule has 1 nitrogen and oxygen atoms in total. The average Bonchev–Trinajstić information content (AvgIpc) is 2.79. The molecule has 0 saturated heterocycles. The zero-order valence-electron chi connectivity index (χ0n) is 8.39. The fraction of sp³-hybridized carbons (Fsp3) is 0.538. The minimum absolute atomic E-state index is 0.427. The largest absolute Gasteiger partial charge is 0.327 e. The van der Waals surface area contributed by atoms with Crippen LogP contribution in [-0.2, 0) is 0 Å². The molecule has 2 aliphatic rings. The Morgan fingerprint density at radius 1 is 1.00 bits per heavy atom. The number of benzene rings is 1. The van der Waals surface area contributed by atoms with Gasteiger partial charge in [0.05, 0.1) is 0 Å². The molecule has 0 heterocycles. The summed E-state index contributed by atoms with van der Waals surface area (Å²) in [6.07, 6.45) is 4.15. The Labute approximate surface area is 85.3 Å². The molecule has 3 rings (SSSR count). The van der Waals surface area contributed by atoms with Gasteiger partial charge in [0.2, 0.25) is 0 Å². The molecule has 2 fully saturated rings. The van der Waals surface area contributed by atoms with Gasteiger partial charge in [-0.05, 0) is 36.7 Å². The van der Waals surface area contributed by atoms with E-state index in [1.165, 1.54) is 24.8 Å². The van der Waals surface area contributed by atoms with E-state index in [0.717, 1.165) is 11.8 Å². The molecule has 74 valence electrons. The Balaban J connectivity index is 1.93. The van der Waals surface area contributed by atoms with Gasteiger partial charge in [0.15, 0.2) is 0 Å². The van der Waals surface area contributed by atoms with E-state index in [0.29, 0.717) is 12.0 Å². The number of nitrogens with two attached hydrogens (primary N) is 1. The monoisotopic (exact) mass is 187 g/mol. The van der Waals surface area contributed by atoms with Crippen molar-refractivity contribution < 1.29 is 0 Å². The van der Waals surface area contributed by atoms with E-state index < -0.39 is 0 Å². The van der Waals surface area contributed by atoms with Crippen LogP contribution in [0.5, 0.6) is 0 Å². The van der Waals surface area contributed by atoms with Crippen LogP contribution in [0, 0.1) is 11.8 Å². The lowest BCUT2D eigenvalue weighted by atomic mass is 9.80. The van der Waals surface area contributed by atoms with Gasteiger partial charge in [0.1, 0.15) is 0 Å². The standard InChI is InChI=1S/C13H17N/c14-13-11-7-6-10(8-11)12(13)9-4-2-1-3-5-9/h1-5,10-13H,6-8,14H2/t10-,11+,12+,13+/m0/s1. The summed E-state index contributed by atoms with van der Waals surface area (Å²) in [5.41, 5.74) is 7.76. The molecule has 14 heavy (non-hydrogen) atoms. The molecule has 2 bridgehead atoms. The zero-order valence-corrected chi connectivity index (χ0v) is 8.39. The average molecular weight is 187 g/mol. The van der Waals surface area contributed by atoms with Gasteiger partial charge in [-0.2, -0.15) is 0 Å². The predicted octanol–water partition coefficient (Wildman–Crippen LogP) is 2.53. The van der Waals surface area contributed by atoms with E-state index in [2.05, 4.69) is 30.3 Å². The van der Waals surface area contributed by atoms with Crippen LogP contribution in [-0.4, -0.2) is 6.04 Å². The molecule has 2 aliphatic carbocycles. The minimum atomic E-state index is 0.427. The summed E-state index contributed by atoms with van der Waals surface area (Å²) in [4.78, 5) is 0. The van der Waals surface area contributed by atoms with Gasteiger partial charge in [-0.25, -0.2) is 0 Å². The summed E-state index contributed by atoms with van der Waals surface area (Å²) < 4.78 is 0. The van der Waals surface area contributed by atoms with E-state index in [1.807, 2.05) is 0 Å². The molecule has 0 radical (unpaired) electrons. The van der Waals surface area contributed by atoms with Gasteiger partial charge in [-0.1, -0.05) is 30.3 Å². The van der Waals surface area contributed by atoms with Crippen molar-refractivity contribution in [2.75, 3.05) is 0 Å². The fourth-order valence-electron chi connectivity index (χ4n) is 3.51. The van der Waals surface area contributed by atoms with Gasteiger partial charge < -0.3 is 5.73 Å². The van der Waals surface area contributed by atoms with Gasteiger partial charge >= 0.3 is 0 Å². The zero-order chi connectivity index (χ0) is 9.54. The van der Waals surface area contributed by atoms with Crippen LogP contribution in [0.4, 0.5) is 0 Å². The van der Waals surface area contributed by atoms with Gasteiger partial charge in [-0.3, -0.25) is 0 Å². The summed E-state index contributed by atoms with van der Waals surface area (Å²) in [6.45, 7) is 0. The lowest BCUT2D eigenvalue weighted by Gasteiger charge is -2.28. The number of rotatable bonds is 1. The highest BCUT2D eigenvalue weighted by molar-refractivity contribution is 5.25. The lowest BCUT2D eigenvalue weighted by Crippen LogP contribution is -2.33. The van der Waals surface area contributed by atoms with Crippen LogP contribution >= 0.6 is 0 Å². The first-order valence-corrected chi connectivity index (χ1v) is 5.67. The van der Waals surface area contributed by atoms with E-state index in [-0.39, 0.29) is 0 Å². The predicted molar refractivity (Wildman–Crippen MR) is 58.0 cm³/mol. The summed E-state index contributed by atoms with van der Waals surface area (Å²) >= 11 is 0. The second-order valence-corrected chi connectivity index (χ2v) is 4.85. The molecule has 0 aliphatic heterocycles. The molecule has 0 unspecified atom stereocenters. The molecular formula is C13H17N. The van der Waals surface area contributed by atoms with Gasteiger partial charge in [0.25, 0.3) is 0 Å². The van der Waals surface area contributed by atoms with Crippen LogP contribution < -0.4 is 5.73 Å². The van der Waals surface area contributed by atoms with Crippen molar-refractivity contribution in [3.63, 3.8) is 0 Å². The molecule has 4 atom stereocenters. The Morgan fingerprint density at radius 2 is 1.71 bits per heavy atom. The van der Waals surface area contributed by atoms with E-state index in [1.54, 1.807) is 0 Å². The van der Waals surface area contributed by atoms with Crippen molar-refractivity contribution >= 4 is 0 Å². The van der Waals surface area contributed by atoms with Crippen molar-refractivity contribution in [1.82, 2.24) is 0 Å². The minimum Gasteiger partial charge on any atom is -0.327 e. The first-order chi connectivity index (χ1) is 6.86. The summed E-state index contributed by atoms with van der Waals surface area (Å²) in [5, 5.41) is 0. The molecule has 0 amide bonds. The maximum atomic E-state index is 6.30. The third kappa shape index (κ3) is 1.12. The third-order valence-electron chi connectivity index (χ3n) is 4.17. The third-order valence-corrected chi connectivity index (χ3v) is 4.17. The molecule has 1 aromatic rings. The van der Waals surface area contributed by atoms with Gasteiger partial charge in [-0.15, -0.1) is 0 Å². The molecule has 0 spiro atoms. The smallest absolute Gasteiger partial charge is 0.0139 e. The second-order valence-electron chi connectivity index (χ2n) is 4.85. The van der Waals surface area contributed by atoms with Gasteiger partial charge in [0, 0.05) is 12.0 Å². The summed E-state index contributed by atoms with van der Waals surface area (Å²) in [5.74, 6) is 2.33. The first kappa shape index (κ1) is 8.49. The second kappa shape index (κ2) is 3.09. The van der Waals surface area contributed by atoms with Crippen molar-refractivity contribution in [2.24, 2.45) is 17.6 Å². The maximum Gasteiger partial charge on any atom is 0.0139 e. The quantitative estimate of drug-likeness (QED) is 0.718. The van der Waals surface area contributed by atoms with E-state index in [9.17, 15) is 0 Å². The topological polar surface area (TPSA) is 26.0 Å². The van der Waals surface area contributed by atoms with Crippen molar-refractivity contribution in [2.45, 2.75) is 31.2 Å². The van der Waals surface area contributed by atoms with Crippen molar-refractivity contribution in [1.29, 1.82) is 0 Å². The van der Waals surface area contributed by atoms with Crippen LogP contribution in [0.25, 0.3) is 0 Å². The molecule has 1 heteroatoms. The van der Waals surface area contributed by atoms with Crippen LogP contribution in [0.1, 0.15) is 30.7 Å². The fourth-order valence-corrected chi connectivity index (χ4v) is 3.51. The van der Waals surface area contributed by atoms with E-state index >= 15 is 0 Å². The highest BCUT2D eigenvalue weighted by Gasteiger charge is 2.46. The summed E-state index contributed by atoms with van der Waals surface area (Å²) in [7, 11) is 0. The molecule has 2 N–H and O–H groups in total. The lowest BCUT2D eigenvalue weighted by molar-refractivity contribution is 0.366. The molecular weight excluding hydrogens is 170 g/mol. The maximum absolute atomic E-state index is 6.30. The Kier molecular flexibility index (Phi) is 1.88. The van der Waals surface area contributed by atoms with Crippen molar-refractivity contribution in [3.05, 3.63) is 35.9 Å². The SMILES string of the molecule is N[C@@H]1[C@@H]2CC[C@@H](C2)[C@H]1c1ccccc1. The first-order valence-electron chi connectivity index (χ1n) is 5.67. The summed E-state index contributed by atoms with van der Waals surface area (Å²) in [6, 6.07) is 11.3. The normalized spacial score (nSPS) is 40.4. The number of hydrogen-bond donors (Lipinski definition) is 1. The molecule has 2 saturated carbocycles. The Bertz CT molecular complexity index is 317. The highest BCUT2D eigenvalue weighted by atomic mass is 14.7. The Morgan fingerprint density at radius 3 is 2.36 bits per heavy atom. The number of hydrogen-bond acceptors (Lipinski definition) is 1. The molecule has 0 aromatic heterocycles. The molecule has 1 aromatic carbocycles.